The molecule has 1 aromatic carbocycles. The molecule has 1 heterocycles. The quantitative estimate of drug-likeness (QED) is 0.902. The Balaban J connectivity index is 2.08. The second-order valence-corrected chi connectivity index (χ2v) is 4.89. The third kappa shape index (κ3) is 3.05. The summed E-state index contributed by atoms with van der Waals surface area (Å²) in [6, 6.07) is 4.54. The van der Waals surface area contributed by atoms with Gasteiger partial charge in [0.15, 0.2) is 0 Å². The number of ether oxygens (including phenoxy) is 1. The highest BCUT2D eigenvalue weighted by Crippen LogP contribution is 2.26. The lowest BCUT2D eigenvalue weighted by molar-refractivity contribution is 0.399. The van der Waals surface area contributed by atoms with Crippen molar-refractivity contribution in [1.82, 2.24) is 10.3 Å². The van der Waals surface area contributed by atoms with Gasteiger partial charge in [-0.2, -0.15) is 0 Å². The first kappa shape index (κ1) is 13.0. The van der Waals surface area contributed by atoms with Gasteiger partial charge in [0.25, 0.3) is 0 Å². The normalized spacial score (nSPS) is 12.4. The van der Waals surface area contributed by atoms with E-state index in [0.717, 1.165) is 10.6 Å². The van der Waals surface area contributed by atoms with E-state index < -0.39 is 0 Å². The zero-order valence-corrected chi connectivity index (χ0v) is 11.1. The highest BCUT2D eigenvalue weighted by molar-refractivity contribution is 7.09. The lowest BCUT2D eigenvalue weighted by atomic mass is 10.1. The Bertz CT molecular complexity index is 502. The van der Waals surface area contributed by atoms with Crippen molar-refractivity contribution < 1.29 is 9.13 Å². The summed E-state index contributed by atoms with van der Waals surface area (Å²) in [5.41, 5.74) is 0.814. The fraction of sp³-hybridized carbons (Fsp3) is 0.308. The van der Waals surface area contributed by atoms with Crippen molar-refractivity contribution in [1.29, 1.82) is 0 Å². The van der Waals surface area contributed by atoms with Gasteiger partial charge in [0.2, 0.25) is 0 Å². The molecule has 0 aliphatic rings. The maximum absolute atomic E-state index is 13.3. The highest BCUT2D eigenvalue weighted by atomic mass is 32.1. The Morgan fingerprint density at radius 1 is 1.50 bits per heavy atom. The molecular weight excluding hydrogens is 251 g/mol. The molecule has 0 fully saturated rings. The summed E-state index contributed by atoms with van der Waals surface area (Å²) >= 11 is 1.59. The van der Waals surface area contributed by atoms with E-state index in [-0.39, 0.29) is 11.9 Å². The van der Waals surface area contributed by atoms with Crippen LogP contribution in [0.15, 0.2) is 29.8 Å². The van der Waals surface area contributed by atoms with E-state index >= 15 is 0 Å². The van der Waals surface area contributed by atoms with Crippen LogP contribution in [0.4, 0.5) is 4.39 Å². The van der Waals surface area contributed by atoms with Crippen molar-refractivity contribution >= 4 is 11.3 Å². The topological polar surface area (TPSA) is 34.1 Å². The Labute approximate surface area is 110 Å². The van der Waals surface area contributed by atoms with Gasteiger partial charge in [0, 0.05) is 29.7 Å². The number of nitrogens with one attached hydrogen (secondary N) is 1. The first-order chi connectivity index (χ1) is 8.70. The van der Waals surface area contributed by atoms with Crippen LogP contribution in [0.5, 0.6) is 5.75 Å². The molecule has 0 aliphatic carbocycles. The Kier molecular flexibility index (Phi) is 4.28. The van der Waals surface area contributed by atoms with E-state index in [4.69, 9.17) is 4.74 Å². The molecule has 1 unspecified atom stereocenters. The van der Waals surface area contributed by atoms with E-state index in [2.05, 4.69) is 10.3 Å². The average Bonchev–Trinajstić information content (AvgIpc) is 2.89. The summed E-state index contributed by atoms with van der Waals surface area (Å²) in [7, 11) is 1.59. The maximum Gasteiger partial charge on any atom is 0.123 e. The smallest absolute Gasteiger partial charge is 0.123 e. The molecule has 0 saturated carbocycles. The third-order valence-corrected chi connectivity index (χ3v) is 3.48. The summed E-state index contributed by atoms with van der Waals surface area (Å²) in [6.45, 7) is 2.64. The second-order valence-electron chi connectivity index (χ2n) is 3.91. The zero-order valence-electron chi connectivity index (χ0n) is 10.3. The fourth-order valence-electron chi connectivity index (χ4n) is 1.73. The van der Waals surface area contributed by atoms with E-state index in [1.54, 1.807) is 30.7 Å². The van der Waals surface area contributed by atoms with E-state index in [9.17, 15) is 4.39 Å². The number of methoxy groups -OCH3 is 1. The second kappa shape index (κ2) is 5.93. The first-order valence-corrected chi connectivity index (χ1v) is 6.54. The van der Waals surface area contributed by atoms with Crippen molar-refractivity contribution in [3.05, 3.63) is 46.2 Å². The van der Waals surface area contributed by atoms with Gasteiger partial charge in [0.1, 0.15) is 16.6 Å². The average molecular weight is 266 g/mol. The Morgan fingerprint density at radius 3 is 3.00 bits per heavy atom. The molecule has 2 rings (SSSR count). The highest BCUT2D eigenvalue weighted by Gasteiger charge is 2.12. The maximum atomic E-state index is 13.3. The summed E-state index contributed by atoms with van der Waals surface area (Å²) in [4.78, 5) is 4.19. The van der Waals surface area contributed by atoms with E-state index in [0.29, 0.717) is 12.3 Å². The first-order valence-electron chi connectivity index (χ1n) is 5.66. The van der Waals surface area contributed by atoms with Crippen LogP contribution < -0.4 is 10.1 Å². The molecule has 96 valence electrons. The molecule has 18 heavy (non-hydrogen) atoms. The standard InChI is InChI=1S/C13H15FN2OS/c1-9(16-8-13-15-5-6-18-13)11-7-10(14)3-4-12(11)17-2/h3-7,9,16H,8H2,1-2H3. The molecule has 0 saturated heterocycles. The number of hydrogen-bond donors (Lipinski definition) is 1. The van der Waals surface area contributed by atoms with E-state index in [1.165, 1.54) is 12.1 Å². The Morgan fingerprint density at radius 2 is 2.33 bits per heavy atom. The fourth-order valence-corrected chi connectivity index (χ4v) is 2.30. The molecule has 1 aromatic heterocycles. The van der Waals surface area contributed by atoms with Crippen LogP contribution in [0, 0.1) is 5.82 Å². The molecule has 0 amide bonds. The number of hydrogen-bond acceptors (Lipinski definition) is 4. The van der Waals surface area contributed by atoms with Gasteiger partial charge >= 0.3 is 0 Å². The monoisotopic (exact) mass is 266 g/mol. The number of benzene rings is 1. The van der Waals surface area contributed by atoms with Gasteiger partial charge in [-0.05, 0) is 25.1 Å². The molecule has 2 aromatic rings. The SMILES string of the molecule is COc1ccc(F)cc1C(C)NCc1nccs1. The number of aromatic nitrogens is 1. The van der Waals surface area contributed by atoms with Crippen molar-refractivity contribution in [3.8, 4) is 5.75 Å². The minimum Gasteiger partial charge on any atom is -0.496 e. The lowest BCUT2D eigenvalue weighted by Crippen LogP contribution is -2.18. The van der Waals surface area contributed by atoms with Crippen molar-refractivity contribution in [3.63, 3.8) is 0 Å². The van der Waals surface area contributed by atoms with Gasteiger partial charge in [-0.15, -0.1) is 11.3 Å². The van der Waals surface area contributed by atoms with Crippen molar-refractivity contribution in [2.24, 2.45) is 0 Å². The number of thiazole rings is 1. The van der Waals surface area contributed by atoms with Gasteiger partial charge in [0.05, 0.1) is 7.11 Å². The largest absolute Gasteiger partial charge is 0.496 e. The van der Waals surface area contributed by atoms with Crippen LogP contribution in [-0.4, -0.2) is 12.1 Å². The van der Waals surface area contributed by atoms with Crippen LogP contribution in [-0.2, 0) is 6.54 Å². The summed E-state index contributed by atoms with van der Waals surface area (Å²) < 4.78 is 18.5. The summed E-state index contributed by atoms with van der Waals surface area (Å²) in [5, 5.41) is 6.25. The minimum atomic E-state index is -0.256. The van der Waals surface area contributed by atoms with Crippen LogP contribution >= 0.6 is 11.3 Å². The molecule has 0 bridgehead atoms. The Hall–Kier alpha value is -1.46. The molecule has 0 aliphatic heterocycles. The molecule has 5 heteroatoms. The molecule has 1 N–H and O–H groups in total. The predicted octanol–water partition coefficient (Wildman–Crippen LogP) is 3.14. The van der Waals surface area contributed by atoms with Gasteiger partial charge in [-0.3, -0.25) is 0 Å². The molecule has 0 spiro atoms. The molecule has 1 atom stereocenters. The van der Waals surface area contributed by atoms with Crippen molar-refractivity contribution in [2.75, 3.05) is 7.11 Å². The van der Waals surface area contributed by atoms with Crippen LogP contribution in [0.2, 0.25) is 0 Å². The minimum absolute atomic E-state index is 0.000417. The van der Waals surface area contributed by atoms with Gasteiger partial charge in [-0.25, -0.2) is 9.37 Å². The van der Waals surface area contributed by atoms with Gasteiger partial charge in [-0.1, -0.05) is 0 Å². The van der Waals surface area contributed by atoms with Crippen molar-refractivity contribution in [2.45, 2.75) is 19.5 Å². The number of nitrogens with zero attached hydrogens (tertiary/aromatic N) is 1. The summed E-state index contributed by atoms with van der Waals surface area (Å²) in [6.07, 6.45) is 1.77. The molecular formula is C13H15FN2OS. The molecule has 0 radical (unpaired) electrons. The van der Waals surface area contributed by atoms with Crippen LogP contribution in [0.25, 0.3) is 0 Å². The van der Waals surface area contributed by atoms with E-state index in [1.807, 2.05) is 12.3 Å². The third-order valence-electron chi connectivity index (χ3n) is 2.70. The zero-order chi connectivity index (χ0) is 13.0. The molecule has 3 nitrogen and oxygen atoms in total. The predicted molar refractivity (Wildman–Crippen MR) is 70.3 cm³/mol. The van der Waals surface area contributed by atoms with Crippen LogP contribution in [0.1, 0.15) is 23.5 Å². The summed E-state index contributed by atoms with van der Waals surface area (Å²) in [5.74, 6) is 0.434. The van der Waals surface area contributed by atoms with Gasteiger partial charge < -0.3 is 10.1 Å². The van der Waals surface area contributed by atoms with Crippen LogP contribution in [0.3, 0.4) is 0 Å². The number of halogens is 1. The lowest BCUT2D eigenvalue weighted by Gasteiger charge is -2.16. The number of rotatable bonds is 5.